The van der Waals surface area contributed by atoms with E-state index in [1.807, 2.05) is 6.92 Å². The van der Waals surface area contributed by atoms with Gasteiger partial charge in [0.1, 0.15) is 5.60 Å². The van der Waals surface area contributed by atoms with Crippen LogP contribution in [0.3, 0.4) is 0 Å². The lowest BCUT2D eigenvalue weighted by Gasteiger charge is -2.33. The van der Waals surface area contributed by atoms with Gasteiger partial charge in [-0.05, 0) is 56.6 Å². The SMILES string of the molecule is C[C@]1(OC(=O)c2ccc([N+](=O)[O-])cc2)C[C@H]2CC[C@@H]1C2. The molecule has 0 spiro atoms. The van der Waals surface area contributed by atoms with Gasteiger partial charge in [0.25, 0.3) is 5.69 Å². The van der Waals surface area contributed by atoms with E-state index in [2.05, 4.69) is 0 Å². The normalized spacial score (nSPS) is 31.2. The van der Waals surface area contributed by atoms with Crippen molar-refractivity contribution in [3.63, 3.8) is 0 Å². The van der Waals surface area contributed by atoms with Crippen LogP contribution in [0.4, 0.5) is 5.69 Å². The zero-order valence-corrected chi connectivity index (χ0v) is 11.4. The average Bonchev–Trinajstić information content (AvgIpc) is 2.98. The van der Waals surface area contributed by atoms with Gasteiger partial charge in [0, 0.05) is 12.1 Å². The van der Waals surface area contributed by atoms with Gasteiger partial charge in [-0.15, -0.1) is 0 Å². The number of hydrogen-bond donors (Lipinski definition) is 0. The van der Waals surface area contributed by atoms with Crippen LogP contribution in [0.15, 0.2) is 24.3 Å². The molecule has 20 heavy (non-hydrogen) atoms. The molecule has 2 saturated carbocycles. The van der Waals surface area contributed by atoms with E-state index in [9.17, 15) is 14.9 Å². The van der Waals surface area contributed by atoms with E-state index < -0.39 is 4.92 Å². The predicted octanol–water partition coefficient (Wildman–Crippen LogP) is 3.33. The third-order valence-electron chi connectivity index (χ3n) is 4.74. The molecule has 0 unspecified atom stereocenters. The van der Waals surface area contributed by atoms with Gasteiger partial charge in [-0.2, -0.15) is 0 Å². The molecule has 0 N–H and O–H groups in total. The number of hydrogen-bond acceptors (Lipinski definition) is 4. The van der Waals surface area contributed by atoms with Crippen LogP contribution < -0.4 is 0 Å². The fourth-order valence-electron chi connectivity index (χ4n) is 3.67. The standard InChI is InChI=1S/C15H17NO4/c1-15(9-10-2-5-12(15)8-10)20-14(17)11-3-6-13(7-4-11)16(18)19/h3-4,6-7,10,12H,2,5,8-9H2,1H3/t10-,12+,15-/m0/s1. The lowest BCUT2D eigenvalue weighted by Crippen LogP contribution is -2.37. The number of fused-ring (bicyclic) bond motifs is 2. The zero-order valence-electron chi connectivity index (χ0n) is 11.4. The van der Waals surface area contributed by atoms with Crippen LogP contribution in [-0.4, -0.2) is 16.5 Å². The molecule has 2 bridgehead atoms. The van der Waals surface area contributed by atoms with Crippen LogP contribution >= 0.6 is 0 Å². The average molecular weight is 275 g/mol. The molecule has 3 rings (SSSR count). The smallest absolute Gasteiger partial charge is 0.338 e. The summed E-state index contributed by atoms with van der Waals surface area (Å²) >= 11 is 0. The summed E-state index contributed by atoms with van der Waals surface area (Å²) < 4.78 is 5.71. The maximum atomic E-state index is 12.2. The van der Waals surface area contributed by atoms with Gasteiger partial charge in [0.2, 0.25) is 0 Å². The number of esters is 1. The Morgan fingerprint density at radius 3 is 2.55 bits per heavy atom. The molecular weight excluding hydrogens is 258 g/mol. The molecule has 0 aromatic heterocycles. The molecule has 5 heteroatoms. The third-order valence-corrected chi connectivity index (χ3v) is 4.74. The summed E-state index contributed by atoms with van der Waals surface area (Å²) in [6.07, 6.45) is 4.48. The second kappa shape index (κ2) is 4.58. The Hall–Kier alpha value is -1.91. The summed E-state index contributed by atoms with van der Waals surface area (Å²) in [7, 11) is 0. The van der Waals surface area contributed by atoms with Gasteiger partial charge in [-0.25, -0.2) is 4.79 Å². The van der Waals surface area contributed by atoms with Crippen LogP contribution in [-0.2, 0) is 4.74 Å². The summed E-state index contributed by atoms with van der Waals surface area (Å²) in [5.41, 5.74) is -0.00538. The van der Waals surface area contributed by atoms with Crippen molar-refractivity contribution in [2.45, 2.75) is 38.2 Å². The molecule has 5 nitrogen and oxygen atoms in total. The minimum Gasteiger partial charge on any atom is -0.455 e. The van der Waals surface area contributed by atoms with Gasteiger partial charge < -0.3 is 4.74 Å². The van der Waals surface area contributed by atoms with Gasteiger partial charge in [0.05, 0.1) is 10.5 Å². The van der Waals surface area contributed by atoms with Crippen molar-refractivity contribution in [2.24, 2.45) is 11.8 Å². The molecule has 2 fully saturated rings. The molecule has 0 radical (unpaired) electrons. The lowest BCUT2D eigenvalue weighted by molar-refractivity contribution is -0.384. The van der Waals surface area contributed by atoms with Gasteiger partial charge >= 0.3 is 5.97 Å². The number of rotatable bonds is 3. The van der Waals surface area contributed by atoms with Crippen molar-refractivity contribution in [3.05, 3.63) is 39.9 Å². The Morgan fingerprint density at radius 2 is 2.05 bits per heavy atom. The summed E-state index contributed by atoms with van der Waals surface area (Å²) in [5, 5.41) is 10.6. The van der Waals surface area contributed by atoms with Crippen molar-refractivity contribution >= 4 is 11.7 Å². The van der Waals surface area contributed by atoms with Crippen LogP contribution in [0.5, 0.6) is 0 Å². The second-order valence-electron chi connectivity index (χ2n) is 6.09. The van der Waals surface area contributed by atoms with E-state index in [0.717, 1.165) is 19.3 Å². The molecule has 106 valence electrons. The van der Waals surface area contributed by atoms with Crippen LogP contribution in [0.1, 0.15) is 43.0 Å². The van der Waals surface area contributed by atoms with Gasteiger partial charge in [-0.1, -0.05) is 0 Å². The van der Waals surface area contributed by atoms with Crippen molar-refractivity contribution in [1.82, 2.24) is 0 Å². The maximum Gasteiger partial charge on any atom is 0.338 e. The quantitative estimate of drug-likeness (QED) is 0.482. The Bertz CT molecular complexity index is 553. The number of nitrogens with zero attached hydrogens (tertiary/aromatic N) is 1. The maximum absolute atomic E-state index is 12.2. The van der Waals surface area contributed by atoms with E-state index >= 15 is 0 Å². The Kier molecular flexibility index (Phi) is 3.00. The minimum atomic E-state index is -0.480. The fraction of sp³-hybridized carbons (Fsp3) is 0.533. The number of nitro groups is 1. The second-order valence-corrected chi connectivity index (χ2v) is 6.09. The largest absolute Gasteiger partial charge is 0.455 e. The van der Waals surface area contributed by atoms with Crippen molar-refractivity contribution in [3.8, 4) is 0 Å². The van der Waals surface area contributed by atoms with E-state index in [4.69, 9.17) is 4.74 Å². The lowest BCUT2D eigenvalue weighted by atomic mass is 9.85. The van der Waals surface area contributed by atoms with Crippen LogP contribution in [0, 0.1) is 22.0 Å². The first-order chi connectivity index (χ1) is 9.48. The van der Waals surface area contributed by atoms with Crippen molar-refractivity contribution in [2.75, 3.05) is 0 Å². The summed E-state index contributed by atoms with van der Waals surface area (Å²) in [6, 6.07) is 5.58. The molecular formula is C15H17NO4. The van der Waals surface area contributed by atoms with E-state index in [-0.39, 0.29) is 17.3 Å². The fourth-order valence-corrected chi connectivity index (χ4v) is 3.67. The zero-order chi connectivity index (χ0) is 14.3. The molecule has 3 atom stereocenters. The van der Waals surface area contributed by atoms with Gasteiger partial charge in [0.15, 0.2) is 0 Å². The summed E-state index contributed by atoms with van der Waals surface area (Å²) in [5.74, 6) is 0.777. The number of benzene rings is 1. The van der Waals surface area contributed by atoms with Gasteiger partial charge in [-0.3, -0.25) is 10.1 Å². The Morgan fingerprint density at radius 1 is 1.35 bits per heavy atom. The minimum absolute atomic E-state index is 0.0207. The molecule has 1 aromatic rings. The Balaban J connectivity index is 1.72. The topological polar surface area (TPSA) is 69.4 Å². The predicted molar refractivity (Wildman–Crippen MR) is 72.4 cm³/mol. The molecule has 0 heterocycles. The van der Waals surface area contributed by atoms with E-state index in [1.54, 1.807) is 0 Å². The summed E-state index contributed by atoms with van der Waals surface area (Å²) in [6.45, 7) is 2.01. The third kappa shape index (κ3) is 2.17. The molecule has 0 amide bonds. The number of carbonyl (C=O) groups excluding carboxylic acids is 1. The number of ether oxygens (including phenoxy) is 1. The monoisotopic (exact) mass is 275 g/mol. The van der Waals surface area contributed by atoms with E-state index in [0.29, 0.717) is 17.4 Å². The molecule has 2 aliphatic carbocycles. The molecule has 1 aromatic carbocycles. The number of nitro benzene ring substituents is 1. The highest BCUT2D eigenvalue weighted by atomic mass is 16.6. The highest BCUT2D eigenvalue weighted by Gasteiger charge is 2.50. The van der Waals surface area contributed by atoms with Crippen molar-refractivity contribution in [1.29, 1.82) is 0 Å². The number of non-ortho nitro benzene ring substituents is 1. The van der Waals surface area contributed by atoms with Crippen LogP contribution in [0.2, 0.25) is 0 Å². The summed E-state index contributed by atoms with van der Waals surface area (Å²) in [4.78, 5) is 22.3. The van der Waals surface area contributed by atoms with E-state index in [1.165, 1.54) is 30.7 Å². The number of carbonyl (C=O) groups is 1. The molecule has 2 aliphatic rings. The first-order valence-electron chi connectivity index (χ1n) is 6.96. The molecule has 0 aliphatic heterocycles. The molecule has 0 saturated heterocycles. The van der Waals surface area contributed by atoms with Crippen molar-refractivity contribution < 1.29 is 14.5 Å². The highest BCUT2D eigenvalue weighted by Crippen LogP contribution is 2.52. The Labute approximate surface area is 117 Å². The highest BCUT2D eigenvalue weighted by molar-refractivity contribution is 5.90. The first-order valence-corrected chi connectivity index (χ1v) is 6.96. The first kappa shape index (κ1) is 13.1. The van der Waals surface area contributed by atoms with Crippen LogP contribution in [0.25, 0.3) is 0 Å².